The molecule has 4 nitrogen and oxygen atoms in total. The zero-order chi connectivity index (χ0) is 20.2. The lowest BCUT2D eigenvalue weighted by Gasteiger charge is -2.42. The van der Waals surface area contributed by atoms with Gasteiger partial charge in [0.25, 0.3) is 0 Å². The molecule has 0 atom stereocenters. The van der Waals surface area contributed by atoms with Crippen molar-refractivity contribution in [3.05, 3.63) is 35.9 Å². The summed E-state index contributed by atoms with van der Waals surface area (Å²) in [6.07, 6.45) is 6.39. The van der Waals surface area contributed by atoms with E-state index < -0.39 is 10.3 Å². The normalized spacial score (nSPS) is 14.5. The van der Waals surface area contributed by atoms with Gasteiger partial charge in [-0.2, -0.15) is 0 Å². The van der Waals surface area contributed by atoms with Crippen molar-refractivity contribution in [1.29, 1.82) is 0 Å². The van der Waals surface area contributed by atoms with Crippen LogP contribution in [0.2, 0.25) is 0 Å². The van der Waals surface area contributed by atoms with Gasteiger partial charge < -0.3 is 13.8 Å². The molecule has 0 bridgehead atoms. The zero-order valence-corrected chi connectivity index (χ0v) is 18.8. The first-order valence-electron chi connectivity index (χ1n) is 9.41. The maximum Gasteiger partial charge on any atom is 0.410 e. The monoisotopic (exact) mass is 385 g/mol. The molecule has 152 valence electrons. The van der Waals surface area contributed by atoms with E-state index in [9.17, 15) is 4.79 Å². The molecule has 2 rings (SSSR count). The molecule has 1 aliphatic rings. The number of hydrogen-bond acceptors (Lipinski definition) is 3. The number of rotatable bonds is 3. The van der Waals surface area contributed by atoms with Crippen molar-refractivity contribution < 1.29 is 13.7 Å². The second-order valence-electron chi connectivity index (χ2n) is 7.25. The Kier molecular flexibility index (Phi) is 11.7. The first kappa shape index (κ1) is 24.8. The van der Waals surface area contributed by atoms with Crippen molar-refractivity contribution in [3.63, 3.8) is 0 Å². The Labute approximate surface area is 162 Å². The average Bonchev–Trinajstić information content (AvgIpc) is 3.17. The molecule has 1 aromatic carbocycles. The highest BCUT2D eigenvalue weighted by molar-refractivity contribution is 8.29. The minimum Gasteiger partial charge on any atom is -0.445 e. The van der Waals surface area contributed by atoms with Crippen LogP contribution in [-0.2, 0) is 15.5 Å². The van der Waals surface area contributed by atoms with Gasteiger partial charge in [-0.15, -0.1) is 10.3 Å². The van der Waals surface area contributed by atoms with Gasteiger partial charge >= 0.3 is 6.09 Å². The first-order chi connectivity index (χ1) is 12.2. The Morgan fingerprint density at radius 1 is 1.08 bits per heavy atom. The van der Waals surface area contributed by atoms with Crippen LogP contribution in [0.1, 0.15) is 53.0 Å². The molecule has 1 fully saturated rings. The summed E-state index contributed by atoms with van der Waals surface area (Å²) in [6.45, 7) is 12.7. The molecule has 1 saturated heterocycles. The van der Waals surface area contributed by atoms with Crippen molar-refractivity contribution >= 4 is 16.4 Å². The van der Waals surface area contributed by atoms with E-state index >= 15 is 0 Å². The molecule has 5 heteroatoms. The van der Waals surface area contributed by atoms with Crippen LogP contribution in [0.4, 0.5) is 4.79 Å². The lowest BCUT2D eigenvalue weighted by atomic mass is 10.2. The minimum absolute atomic E-state index is 0.184. The molecule has 26 heavy (non-hydrogen) atoms. The van der Waals surface area contributed by atoms with Gasteiger partial charge in [-0.1, -0.05) is 65.0 Å². The summed E-state index contributed by atoms with van der Waals surface area (Å²) in [4.78, 5) is 13.3. The van der Waals surface area contributed by atoms with Crippen LogP contribution >= 0.6 is 10.3 Å². The lowest BCUT2D eigenvalue weighted by Crippen LogP contribution is -2.28. The molecular weight excluding hydrogens is 346 g/mol. The number of benzene rings is 1. The van der Waals surface area contributed by atoms with Gasteiger partial charge in [-0.05, 0) is 30.9 Å². The van der Waals surface area contributed by atoms with E-state index in [1.54, 1.807) is 12.0 Å². The van der Waals surface area contributed by atoms with E-state index in [2.05, 4.69) is 33.3 Å². The number of amides is 1. The fourth-order valence-electron chi connectivity index (χ4n) is 1.96. The summed E-state index contributed by atoms with van der Waals surface area (Å²) in [6, 6.07) is 9.75. The largest absolute Gasteiger partial charge is 0.445 e. The zero-order valence-electron chi connectivity index (χ0n) is 18.0. The Balaban J connectivity index is 0.000000492. The molecule has 0 radical (unpaired) electrons. The highest BCUT2D eigenvalue weighted by atomic mass is 32.3. The van der Waals surface area contributed by atoms with E-state index in [0.29, 0.717) is 11.4 Å². The SMILES string of the molecule is CC.COS(C)(C)C(C)(C)C.O=C(OCc1ccccc1)N1CCCC1. The van der Waals surface area contributed by atoms with Crippen LogP contribution in [-0.4, -0.2) is 48.5 Å². The van der Waals surface area contributed by atoms with Crippen molar-refractivity contribution in [2.75, 3.05) is 32.7 Å². The molecule has 0 unspecified atom stereocenters. The molecular formula is C21H39NO3S. The van der Waals surface area contributed by atoms with E-state index in [1.807, 2.05) is 44.2 Å². The number of ether oxygens (including phenoxy) is 1. The Morgan fingerprint density at radius 3 is 1.96 bits per heavy atom. The summed E-state index contributed by atoms with van der Waals surface area (Å²) in [5, 5.41) is 0. The molecule has 0 aliphatic carbocycles. The van der Waals surface area contributed by atoms with Gasteiger partial charge in [0.05, 0.1) is 0 Å². The van der Waals surface area contributed by atoms with Gasteiger partial charge in [0.2, 0.25) is 0 Å². The molecule has 0 N–H and O–H groups in total. The molecule has 1 aromatic rings. The average molecular weight is 386 g/mol. The van der Waals surface area contributed by atoms with Crippen LogP contribution in [0.25, 0.3) is 0 Å². The second kappa shape index (κ2) is 12.2. The summed E-state index contributed by atoms with van der Waals surface area (Å²) in [5.74, 6) is 0. The van der Waals surface area contributed by atoms with Crippen LogP contribution in [0.5, 0.6) is 0 Å². The van der Waals surface area contributed by atoms with E-state index in [-0.39, 0.29) is 6.09 Å². The van der Waals surface area contributed by atoms with E-state index in [0.717, 1.165) is 31.5 Å². The fraction of sp³-hybridized carbons (Fsp3) is 0.667. The van der Waals surface area contributed by atoms with Crippen molar-refractivity contribution in [2.45, 2.75) is 58.8 Å². The van der Waals surface area contributed by atoms with Gasteiger partial charge in [0.1, 0.15) is 6.61 Å². The first-order valence-corrected chi connectivity index (χ1v) is 11.8. The third-order valence-electron chi connectivity index (χ3n) is 4.46. The second-order valence-corrected chi connectivity index (χ2v) is 11.3. The van der Waals surface area contributed by atoms with Gasteiger partial charge in [0, 0.05) is 24.9 Å². The molecule has 0 spiro atoms. The van der Waals surface area contributed by atoms with Crippen molar-refractivity contribution in [3.8, 4) is 0 Å². The smallest absolute Gasteiger partial charge is 0.410 e. The topological polar surface area (TPSA) is 38.8 Å². The standard InChI is InChI=1S/C12H15NO2.C7H18OS.C2H6/c14-12(13-8-4-5-9-13)15-10-11-6-2-1-3-7-11;1-7(2,3)9(5,6)8-4;1-2/h1-3,6-7H,4-5,8-10H2;1-6H3;1-2H3. The third-order valence-corrected chi connectivity index (χ3v) is 8.24. The molecule has 1 amide bonds. The van der Waals surface area contributed by atoms with Crippen molar-refractivity contribution in [2.24, 2.45) is 0 Å². The van der Waals surface area contributed by atoms with E-state index in [1.165, 1.54) is 0 Å². The predicted molar refractivity (Wildman–Crippen MR) is 115 cm³/mol. The molecule has 1 heterocycles. The minimum atomic E-state index is -0.836. The predicted octanol–water partition coefficient (Wildman–Crippen LogP) is 5.86. The van der Waals surface area contributed by atoms with Crippen LogP contribution in [0.3, 0.4) is 0 Å². The molecule has 0 aromatic heterocycles. The summed E-state index contributed by atoms with van der Waals surface area (Å²) >= 11 is 0. The number of carbonyl (C=O) groups is 1. The molecule has 1 aliphatic heterocycles. The number of likely N-dealkylation sites (tertiary alicyclic amines) is 1. The third kappa shape index (κ3) is 8.95. The summed E-state index contributed by atoms with van der Waals surface area (Å²) < 4.78 is 10.9. The van der Waals surface area contributed by atoms with E-state index in [4.69, 9.17) is 8.92 Å². The van der Waals surface area contributed by atoms with Gasteiger partial charge in [-0.3, -0.25) is 0 Å². The van der Waals surface area contributed by atoms with Crippen LogP contribution < -0.4 is 0 Å². The van der Waals surface area contributed by atoms with Gasteiger partial charge in [-0.25, -0.2) is 4.79 Å². The number of carbonyl (C=O) groups excluding carboxylic acids is 1. The summed E-state index contributed by atoms with van der Waals surface area (Å²) in [5.41, 5.74) is 1.03. The maximum absolute atomic E-state index is 11.5. The van der Waals surface area contributed by atoms with Crippen LogP contribution in [0, 0.1) is 0 Å². The quantitative estimate of drug-likeness (QED) is 0.654. The number of hydrogen-bond donors (Lipinski definition) is 0. The molecule has 0 saturated carbocycles. The Hall–Kier alpha value is -1.20. The van der Waals surface area contributed by atoms with Crippen LogP contribution in [0.15, 0.2) is 30.3 Å². The lowest BCUT2D eigenvalue weighted by molar-refractivity contribution is 0.104. The Morgan fingerprint density at radius 2 is 1.58 bits per heavy atom. The highest BCUT2D eigenvalue weighted by Crippen LogP contribution is 2.52. The Bertz CT molecular complexity index is 492. The van der Waals surface area contributed by atoms with Crippen molar-refractivity contribution in [1.82, 2.24) is 4.90 Å². The fourth-order valence-corrected chi connectivity index (χ4v) is 2.46. The number of nitrogens with zero attached hydrogens (tertiary/aromatic N) is 1. The van der Waals surface area contributed by atoms with Gasteiger partial charge in [0.15, 0.2) is 0 Å². The summed E-state index contributed by atoms with van der Waals surface area (Å²) in [7, 11) is 0.957. The highest BCUT2D eigenvalue weighted by Gasteiger charge is 2.27. The maximum atomic E-state index is 11.5.